The van der Waals surface area contributed by atoms with E-state index in [-0.39, 0.29) is 0 Å². The van der Waals surface area contributed by atoms with Gasteiger partial charge in [-0.15, -0.1) is 4.99 Å². The van der Waals surface area contributed by atoms with E-state index in [9.17, 15) is 4.79 Å². The third-order valence-electron chi connectivity index (χ3n) is 2.91. The number of aliphatic imine (C=N–C) groups is 1. The molecule has 0 aliphatic carbocycles. The van der Waals surface area contributed by atoms with Gasteiger partial charge < -0.3 is 9.47 Å². The summed E-state index contributed by atoms with van der Waals surface area (Å²) in [5.74, 6) is 0. The fourth-order valence-corrected chi connectivity index (χ4v) is 2.71. The summed E-state index contributed by atoms with van der Waals surface area (Å²) >= 11 is 1.31. The van der Waals surface area contributed by atoms with Gasteiger partial charge in [-0.25, -0.2) is 4.79 Å². The molecule has 0 radical (unpaired) electrons. The minimum Gasteiger partial charge on any atom is -0.473 e. The van der Waals surface area contributed by atoms with Crippen LogP contribution in [0.15, 0.2) is 40.9 Å². The summed E-state index contributed by atoms with van der Waals surface area (Å²) in [6.45, 7) is 6.10. The van der Waals surface area contributed by atoms with Gasteiger partial charge in [0.1, 0.15) is 0 Å². The summed E-state index contributed by atoms with van der Waals surface area (Å²) in [7, 11) is 0. The molecule has 1 amide bonds. The average Bonchev–Trinajstić information content (AvgIpc) is 2.39. The molecular formula is C15H17NO3S. The van der Waals surface area contributed by atoms with Crippen molar-refractivity contribution in [3.63, 3.8) is 0 Å². The van der Waals surface area contributed by atoms with Gasteiger partial charge in [0.25, 0.3) is 5.23 Å². The van der Waals surface area contributed by atoms with E-state index in [0.29, 0.717) is 11.8 Å². The van der Waals surface area contributed by atoms with Crippen LogP contribution < -0.4 is 0 Å². The molecule has 1 aromatic carbocycles. The minimum absolute atomic E-state index is 0.354. The lowest BCUT2D eigenvalue weighted by Gasteiger charge is -2.31. The first-order valence-electron chi connectivity index (χ1n) is 6.41. The Labute approximate surface area is 122 Å². The van der Waals surface area contributed by atoms with Crippen LogP contribution in [0.1, 0.15) is 26.3 Å². The maximum Gasteiger partial charge on any atom is 0.439 e. The van der Waals surface area contributed by atoms with Crippen molar-refractivity contribution in [3.05, 3.63) is 41.5 Å². The van der Waals surface area contributed by atoms with Crippen LogP contribution in [0.4, 0.5) is 4.79 Å². The van der Waals surface area contributed by atoms with Crippen molar-refractivity contribution in [3.8, 4) is 0 Å². The van der Waals surface area contributed by atoms with Crippen molar-refractivity contribution >= 4 is 29.2 Å². The Morgan fingerprint density at radius 3 is 2.80 bits per heavy atom. The zero-order valence-corrected chi connectivity index (χ0v) is 12.6. The van der Waals surface area contributed by atoms with E-state index in [1.807, 2.05) is 57.2 Å². The van der Waals surface area contributed by atoms with Crippen LogP contribution in [0.2, 0.25) is 0 Å². The highest BCUT2D eigenvalue weighted by molar-refractivity contribution is 8.14. The third kappa shape index (κ3) is 3.42. The van der Waals surface area contributed by atoms with E-state index in [1.165, 1.54) is 11.8 Å². The molecule has 0 saturated heterocycles. The Morgan fingerprint density at radius 2 is 2.15 bits per heavy atom. The molecule has 1 unspecified atom stereocenters. The van der Waals surface area contributed by atoms with Crippen molar-refractivity contribution in [2.45, 2.75) is 25.7 Å². The van der Waals surface area contributed by atoms with Gasteiger partial charge in [0.05, 0.1) is 6.61 Å². The number of nitrogens with zero attached hydrogens (tertiary/aromatic N) is 1. The maximum absolute atomic E-state index is 11.6. The number of carbonyl (C=O) groups is 1. The van der Waals surface area contributed by atoms with Crippen molar-refractivity contribution in [2.24, 2.45) is 4.99 Å². The summed E-state index contributed by atoms with van der Waals surface area (Å²) < 4.78 is 10.7. The van der Waals surface area contributed by atoms with Gasteiger partial charge in [0, 0.05) is 0 Å². The van der Waals surface area contributed by atoms with Crippen LogP contribution in [0.3, 0.4) is 0 Å². The minimum atomic E-state index is -0.792. The van der Waals surface area contributed by atoms with Gasteiger partial charge in [-0.2, -0.15) is 0 Å². The van der Waals surface area contributed by atoms with Crippen LogP contribution in [0.5, 0.6) is 0 Å². The number of benzene rings is 1. The Kier molecular flexibility index (Phi) is 4.49. The lowest BCUT2D eigenvalue weighted by atomic mass is 10.1. The number of hydrogen-bond acceptors (Lipinski definition) is 4. The molecule has 2 rings (SSSR count). The largest absolute Gasteiger partial charge is 0.473 e. The van der Waals surface area contributed by atoms with E-state index in [4.69, 9.17) is 9.47 Å². The maximum atomic E-state index is 11.6. The Balaban J connectivity index is 2.24. The number of thioether (sulfide) groups is 1. The molecule has 0 bridgehead atoms. The van der Waals surface area contributed by atoms with Crippen LogP contribution in [0, 0.1) is 0 Å². The van der Waals surface area contributed by atoms with Gasteiger partial charge in [0.2, 0.25) is 0 Å². The SMILES string of the molecule is CCOC1=NC(=O)OC(C)(/C(C)=C/c2ccccc2)S1. The molecule has 106 valence electrons. The van der Waals surface area contributed by atoms with Gasteiger partial charge >= 0.3 is 6.09 Å². The molecule has 1 aliphatic heterocycles. The molecule has 0 saturated carbocycles. The number of ether oxygens (including phenoxy) is 2. The first-order valence-corrected chi connectivity index (χ1v) is 7.22. The topological polar surface area (TPSA) is 47.9 Å². The second-order valence-electron chi connectivity index (χ2n) is 4.46. The number of carbonyl (C=O) groups excluding carboxylic acids is 1. The highest BCUT2D eigenvalue weighted by Gasteiger charge is 2.38. The van der Waals surface area contributed by atoms with E-state index in [0.717, 1.165) is 11.1 Å². The normalized spacial score (nSPS) is 23.1. The van der Waals surface area contributed by atoms with Gasteiger partial charge in [-0.05, 0) is 43.7 Å². The zero-order valence-electron chi connectivity index (χ0n) is 11.8. The van der Waals surface area contributed by atoms with Crippen LogP contribution in [0.25, 0.3) is 6.08 Å². The van der Waals surface area contributed by atoms with Crippen molar-refractivity contribution in [2.75, 3.05) is 6.61 Å². The quantitative estimate of drug-likeness (QED) is 0.842. The summed E-state index contributed by atoms with van der Waals surface area (Å²) in [5.41, 5.74) is 1.98. The number of cyclic esters (lactones) is 1. The zero-order chi connectivity index (χ0) is 14.6. The molecule has 4 nitrogen and oxygen atoms in total. The second-order valence-corrected chi connectivity index (χ2v) is 5.80. The third-order valence-corrected chi connectivity index (χ3v) is 4.09. The molecule has 0 spiro atoms. The standard InChI is InChI=1S/C15H17NO3S/c1-4-18-14-16-13(17)19-15(3,20-14)11(2)10-12-8-6-5-7-9-12/h5-10H,4H2,1-3H3/b11-10+. The van der Waals surface area contributed by atoms with Gasteiger partial charge in [-0.1, -0.05) is 36.4 Å². The molecule has 0 N–H and O–H groups in total. The van der Waals surface area contributed by atoms with E-state index < -0.39 is 11.0 Å². The molecule has 1 atom stereocenters. The monoisotopic (exact) mass is 291 g/mol. The molecule has 0 aromatic heterocycles. The molecule has 1 aliphatic rings. The van der Waals surface area contributed by atoms with E-state index in [2.05, 4.69) is 4.99 Å². The van der Waals surface area contributed by atoms with Crippen LogP contribution >= 0.6 is 11.8 Å². The van der Waals surface area contributed by atoms with Gasteiger partial charge in [0.15, 0.2) is 4.93 Å². The number of hydrogen-bond donors (Lipinski definition) is 0. The van der Waals surface area contributed by atoms with E-state index in [1.54, 1.807) is 0 Å². The Hall–Kier alpha value is -1.75. The predicted molar refractivity (Wildman–Crippen MR) is 81.6 cm³/mol. The summed E-state index contributed by atoms with van der Waals surface area (Å²) in [6.07, 6.45) is 1.38. The summed E-state index contributed by atoms with van der Waals surface area (Å²) in [6, 6.07) is 9.90. The lowest BCUT2D eigenvalue weighted by Crippen LogP contribution is -2.34. The van der Waals surface area contributed by atoms with Gasteiger partial charge in [-0.3, -0.25) is 0 Å². The fraction of sp³-hybridized carbons (Fsp3) is 0.333. The fourth-order valence-electron chi connectivity index (χ4n) is 1.75. The predicted octanol–water partition coefficient (Wildman–Crippen LogP) is 4.08. The first-order chi connectivity index (χ1) is 9.53. The smallest absolute Gasteiger partial charge is 0.439 e. The molecular weight excluding hydrogens is 274 g/mol. The molecule has 1 heterocycles. The molecule has 5 heteroatoms. The number of amides is 1. The molecule has 20 heavy (non-hydrogen) atoms. The van der Waals surface area contributed by atoms with Crippen LogP contribution in [-0.2, 0) is 9.47 Å². The Bertz CT molecular complexity index is 553. The second kappa shape index (κ2) is 6.13. The average molecular weight is 291 g/mol. The Morgan fingerprint density at radius 1 is 1.45 bits per heavy atom. The summed E-state index contributed by atoms with van der Waals surface area (Å²) in [4.78, 5) is 14.5. The number of rotatable bonds is 3. The lowest BCUT2D eigenvalue weighted by molar-refractivity contribution is 0.113. The summed E-state index contributed by atoms with van der Waals surface area (Å²) in [5, 5.41) is 0.354. The highest BCUT2D eigenvalue weighted by Crippen LogP contribution is 2.39. The molecule has 1 aromatic rings. The van der Waals surface area contributed by atoms with Crippen molar-refractivity contribution < 1.29 is 14.3 Å². The van der Waals surface area contributed by atoms with E-state index >= 15 is 0 Å². The van der Waals surface area contributed by atoms with Crippen molar-refractivity contribution in [1.82, 2.24) is 0 Å². The highest BCUT2D eigenvalue weighted by atomic mass is 32.2. The van der Waals surface area contributed by atoms with Crippen molar-refractivity contribution in [1.29, 1.82) is 0 Å². The van der Waals surface area contributed by atoms with Crippen LogP contribution in [-0.4, -0.2) is 22.9 Å². The molecule has 0 fully saturated rings. The first kappa shape index (κ1) is 14.7.